The van der Waals surface area contributed by atoms with E-state index in [2.05, 4.69) is 38.2 Å². The lowest BCUT2D eigenvalue weighted by Gasteiger charge is -2.03. The second-order valence-corrected chi connectivity index (χ2v) is 10.8. The number of ether oxygens (including phenoxy) is 1. The van der Waals surface area contributed by atoms with Gasteiger partial charge in [-0.15, -0.1) is 0 Å². The first kappa shape index (κ1) is 35.6. The van der Waals surface area contributed by atoms with E-state index in [4.69, 9.17) is 4.74 Å². The maximum atomic E-state index is 11.9. The summed E-state index contributed by atoms with van der Waals surface area (Å²) < 4.78 is 4.97. The molecule has 0 saturated carbocycles. The summed E-state index contributed by atoms with van der Waals surface area (Å²) >= 11 is 0. The molecule has 0 atom stereocenters. The van der Waals surface area contributed by atoms with E-state index in [9.17, 15) is 9.59 Å². The van der Waals surface area contributed by atoms with E-state index >= 15 is 0 Å². The maximum absolute atomic E-state index is 11.9. The van der Waals surface area contributed by atoms with Crippen LogP contribution >= 0.6 is 0 Å². The van der Waals surface area contributed by atoms with Crippen LogP contribution in [0.3, 0.4) is 0 Å². The minimum absolute atomic E-state index is 0.350. The summed E-state index contributed by atoms with van der Waals surface area (Å²) in [7, 11) is 0. The third-order valence-corrected chi connectivity index (χ3v) is 7.01. The molecule has 0 amide bonds. The first-order chi connectivity index (χ1) is 18.2. The SMILES string of the molecule is CCCCCCCC/C=C\CCCCCCCC(=O)OC(=O)CCCC/C=C\CCCCCCCCC. The number of hydrogen-bond donors (Lipinski definition) is 0. The fourth-order valence-corrected chi connectivity index (χ4v) is 4.56. The fraction of sp³-hybridized carbons (Fsp3) is 0.824. The van der Waals surface area contributed by atoms with E-state index in [-0.39, 0.29) is 11.9 Å². The molecule has 0 rings (SSSR count). The first-order valence-electron chi connectivity index (χ1n) is 16.2. The van der Waals surface area contributed by atoms with Gasteiger partial charge in [0.05, 0.1) is 0 Å². The van der Waals surface area contributed by atoms with Gasteiger partial charge in [0.25, 0.3) is 0 Å². The van der Waals surface area contributed by atoms with Crippen LogP contribution < -0.4 is 0 Å². The Kier molecular flexibility index (Phi) is 29.7. The predicted molar refractivity (Wildman–Crippen MR) is 161 cm³/mol. The van der Waals surface area contributed by atoms with E-state index < -0.39 is 0 Å². The van der Waals surface area contributed by atoms with Crippen LogP contribution in [0.4, 0.5) is 0 Å². The zero-order chi connectivity index (χ0) is 27.1. The average Bonchev–Trinajstić information content (AvgIpc) is 2.89. The highest BCUT2D eigenvalue weighted by Gasteiger charge is 2.09. The minimum Gasteiger partial charge on any atom is -0.393 e. The van der Waals surface area contributed by atoms with E-state index in [1.165, 1.54) is 116 Å². The molecule has 0 aliphatic carbocycles. The lowest BCUT2D eigenvalue weighted by atomic mass is 10.1. The van der Waals surface area contributed by atoms with Crippen LogP contribution in [0.5, 0.6) is 0 Å². The Hall–Kier alpha value is -1.38. The van der Waals surface area contributed by atoms with Crippen LogP contribution in [0, 0.1) is 0 Å². The zero-order valence-corrected chi connectivity index (χ0v) is 24.9. The summed E-state index contributed by atoms with van der Waals surface area (Å²) in [6.45, 7) is 4.52. The second kappa shape index (κ2) is 30.8. The van der Waals surface area contributed by atoms with Crippen molar-refractivity contribution in [3.05, 3.63) is 24.3 Å². The highest BCUT2D eigenvalue weighted by Crippen LogP contribution is 2.12. The van der Waals surface area contributed by atoms with Crippen molar-refractivity contribution in [2.75, 3.05) is 0 Å². The minimum atomic E-state index is -0.357. The molecule has 0 radical (unpaired) electrons. The van der Waals surface area contributed by atoms with Crippen molar-refractivity contribution in [2.45, 2.75) is 181 Å². The average molecular weight is 519 g/mol. The maximum Gasteiger partial charge on any atom is 0.313 e. The summed E-state index contributed by atoms with van der Waals surface area (Å²) in [4.78, 5) is 23.7. The van der Waals surface area contributed by atoms with Gasteiger partial charge in [-0.05, 0) is 64.2 Å². The number of unbranched alkanes of at least 4 members (excludes halogenated alkanes) is 20. The number of allylic oxidation sites excluding steroid dienone is 4. The topological polar surface area (TPSA) is 43.4 Å². The molecule has 0 heterocycles. The summed E-state index contributed by atoms with van der Waals surface area (Å²) in [6, 6.07) is 0. The number of hydrogen-bond acceptors (Lipinski definition) is 3. The lowest BCUT2D eigenvalue weighted by molar-refractivity contribution is -0.159. The highest BCUT2D eigenvalue weighted by atomic mass is 16.6. The van der Waals surface area contributed by atoms with Crippen molar-refractivity contribution in [2.24, 2.45) is 0 Å². The van der Waals surface area contributed by atoms with Crippen LogP contribution in [0.25, 0.3) is 0 Å². The van der Waals surface area contributed by atoms with Gasteiger partial charge in [0, 0.05) is 12.8 Å². The van der Waals surface area contributed by atoms with Crippen LogP contribution in [-0.2, 0) is 14.3 Å². The molecule has 3 heteroatoms. The Morgan fingerprint density at radius 3 is 1.05 bits per heavy atom. The molecule has 0 aromatic carbocycles. The zero-order valence-electron chi connectivity index (χ0n) is 24.9. The van der Waals surface area contributed by atoms with E-state index in [1.54, 1.807) is 0 Å². The van der Waals surface area contributed by atoms with Gasteiger partial charge in [0.1, 0.15) is 0 Å². The van der Waals surface area contributed by atoms with Gasteiger partial charge in [-0.25, -0.2) is 0 Å². The fourth-order valence-electron chi connectivity index (χ4n) is 4.56. The molecular formula is C34H62O3. The Morgan fingerprint density at radius 2 is 0.676 bits per heavy atom. The van der Waals surface area contributed by atoms with Crippen molar-refractivity contribution in [1.82, 2.24) is 0 Å². The smallest absolute Gasteiger partial charge is 0.313 e. The van der Waals surface area contributed by atoms with Gasteiger partial charge >= 0.3 is 11.9 Å². The molecule has 216 valence electrons. The molecule has 37 heavy (non-hydrogen) atoms. The molecule has 0 unspecified atom stereocenters. The van der Waals surface area contributed by atoms with Crippen LogP contribution in [0.1, 0.15) is 181 Å². The third kappa shape index (κ3) is 30.7. The summed E-state index contributed by atoms with van der Waals surface area (Å²) in [5.41, 5.74) is 0. The van der Waals surface area contributed by atoms with Crippen LogP contribution in [-0.4, -0.2) is 11.9 Å². The molecule has 0 aromatic rings. The second-order valence-electron chi connectivity index (χ2n) is 10.8. The number of carbonyl (C=O) groups excluding carboxylic acids is 2. The van der Waals surface area contributed by atoms with Crippen LogP contribution in [0.15, 0.2) is 24.3 Å². The van der Waals surface area contributed by atoms with Crippen molar-refractivity contribution in [3.63, 3.8) is 0 Å². The number of carbonyl (C=O) groups is 2. The van der Waals surface area contributed by atoms with Gasteiger partial charge in [-0.3, -0.25) is 9.59 Å². The van der Waals surface area contributed by atoms with E-state index in [0.717, 1.165) is 38.5 Å². The molecule has 0 N–H and O–H groups in total. The predicted octanol–water partition coefficient (Wildman–Crippen LogP) is 11.4. The van der Waals surface area contributed by atoms with Gasteiger partial charge in [0.2, 0.25) is 0 Å². The molecule has 0 bridgehead atoms. The summed E-state index contributed by atoms with van der Waals surface area (Å²) in [5, 5.41) is 0. The van der Waals surface area contributed by atoms with Gasteiger partial charge in [0.15, 0.2) is 0 Å². The normalized spacial score (nSPS) is 11.6. The van der Waals surface area contributed by atoms with Crippen molar-refractivity contribution in [3.8, 4) is 0 Å². The Labute approximate surface area is 231 Å². The van der Waals surface area contributed by atoms with Crippen molar-refractivity contribution < 1.29 is 14.3 Å². The van der Waals surface area contributed by atoms with E-state index in [0.29, 0.717) is 12.8 Å². The number of rotatable bonds is 28. The Morgan fingerprint density at radius 1 is 0.405 bits per heavy atom. The van der Waals surface area contributed by atoms with Crippen molar-refractivity contribution >= 4 is 11.9 Å². The lowest BCUT2D eigenvalue weighted by Crippen LogP contribution is -2.11. The summed E-state index contributed by atoms with van der Waals surface area (Å²) in [5.74, 6) is -0.706. The highest BCUT2D eigenvalue weighted by molar-refractivity contribution is 5.85. The Balaban J connectivity index is 3.39. The molecular weight excluding hydrogens is 456 g/mol. The molecule has 0 fully saturated rings. The third-order valence-electron chi connectivity index (χ3n) is 7.01. The molecule has 0 spiro atoms. The molecule has 0 aromatic heterocycles. The first-order valence-corrected chi connectivity index (χ1v) is 16.2. The standard InChI is InChI=1S/C34H62O3/c1-3-5-7-9-11-13-15-17-18-20-22-24-26-28-30-32-34(36)37-33(35)31-29-27-25-23-21-19-16-14-12-10-8-6-4-2/h17-18,21,23H,3-16,19-20,22,24-32H2,1-2H3/b18-17-,23-21-. The quantitative estimate of drug-likeness (QED) is 0.0447. The number of esters is 2. The van der Waals surface area contributed by atoms with Gasteiger partial charge in [-0.2, -0.15) is 0 Å². The van der Waals surface area contributed by atoms with Crippen LogP contribution in [0.2, 0.25) is 0 Å². The van der Waals surface area contributed by atoms with E-state index in [1.807, 2.05) is 0 Å². The Bertz CT molecular complexity index is 549. The largest absolute Gasteiger partial charge is 0.393 e. The molecule has 3 nitrogen and oxygen atoms in total. The molecule has 0 saturated heterocycles. The van der Waals surface area contributed by atoms with Crippen molar-refractivity contribution in [1.29, 1.82) is 0 Å². The molecule has 0 aliphatic heterocycles. The van der Waals surface area contributed by atoms with Gasteiger partial charge in [-0.1, -0.05) is 128 Å². The molecule has 0 aliphatic rings. The van der Waals surface area contributed by atoms with Gasteiger partial charge < -0.3 is 4.74 Å². The summed E-state index contributed by atoms with van der Waals surface area (Å²) in [6.07, 6.45) is 39.3. The monoisotopic (exact) mass is 518 g/mol.